The van der Waals surface area contributed by atoms with Gasteiger partial charge in [0.25, 0.3) is 17.5 Å². The summed E-state index contributed by atoms with van der Waals surface area (Å²) >= 11 is 8.27. The lowest BCUT2D eigenvalue weighted by molar-refractivity contribution is -0.385. The highest BCUT2D eigenvalue weighted by Gasteiger charge is 2.19. The van der Waals surface area contributed by atoms with Crippen molar-refractivity contribution in [1.29, 1.82) is 0 Å². The minimum absolute atomic E-state index is 0.150. The number of nitro benzene ring substituents is 1. The van der Waals surface area contributed by atoms with Crippen molar-refractivity contribution in [1.82, 2.24) is 16.2 Å². The molecule has 11 heteroatoms. The van der Waals surface area contributed by atoms with Crippen LogP contribution < -0.4 is 20.9 Å². The maximum atomic E-state index is 12.1. The van der Waals surface area contributed by atoms with Crippen LogP contribution in [0.4, 0.5) is 5.69 Å². The fourth-order valence-electron chi connectivity index (χ4n) is 2.06. The molecule has 0 bridgehead atoms. The van der Waals surface area contributed by atoms with Crippen molar-refractivity contribution < 1.29 is 19.2 Å². The summed E-state index contributed by atoms with van der Waals surface area (Å²) in [7, 11) is 0. The van der Waals surface area contributed by atoms with Gasteiger partial charge in [-0.05, 0) is 49.0 Å². The van der Waals surface area contributed by atoms with Gasteiger partial charge in [0.2, 0.25) is 0 Å². The Bertz CT molecular complexity index is 938. The standard InChI is InChI=1S/C17H15BrN4O5S/c1-10-8-11(6-7-13(10)18)27-9-15(23)19-17(28)21-20-16(24)12-4-2-3-5-14(12)22(25)26/h2-8H,9H2,1H3,(H,20,24)(H2,19,21,23,28). The number of benzene rings is 2. The number of nitrogens with one attached hydrogen (secondary N) is 3. The van der Waals surface area contributed by atoms with E-state index in [2.05, 4.69) is 32.1 Å². The molecule has 2 amide bonds. The van der Waals surface area contributed by atoms with Gasteiger partial charge in [0.15, 0.2) is 11.7 Å². The maximum Gasteiger partial charge on any atom is 0.282 e. The molecule has 0 aromatic heterocycles. The van der Waals surface area contributed by atoms with Gasteiger partial charge >= 0.3 is 0 Å². The maximum absolute atomic E-state index is 12.1. The van der Waals surface area contributed by atoms with Gasteiger partial charge in [-0.1, -0.05) is 28.1 Å². The van der Waals surface area contributed by atoms with Gasteiger partial charge in [-0.3, -0.25) is 35.9 Å². The summed E-state index contributed by atoms with van der Waals surface area (Å²) in [5.41, 5.74) is 4.95. The number of nitro groups is 1. The highest BCUT2D eigenvalue weighted by atomic mass is 79.9. The second-order valence-electron chi connectivity index (χ2n) is 5.43. The lowest BCUT2D eigenvalue weighted by atomic mass is 10.2. The van der Waals surface area contributed by atoms with E-state index >= 15 is 0 Å². The van der Waals surface area contributed by atoms with Crippen LogP contribution in [0.15, 0.2) is 46.9 Å². The number of carbonyl (C=O) groups is 2. The minimum atomic E-state index is -0.773. The molecular formula is C17H15BrN4O5S. The van der Waals surface area contributed by atoms with Crippen molar-refractivity contribution in [3.63, 3.8) is 0 Å². The molecule has 0 saturated carbocycles. The molecule has 28 heavy (non-hydrogen) atoms. The van der Waals surface area contributed by atoms with Crippen LogP contribution in [0.2, 0.25) is 0 Å². The van der Waals surface area contributed by atoms with Crippen molar-refractivity contribution in [2.24, 2.45) is 0 Å². The summed E-state index contributed by atoms with van der Waals surface area (Å²) < 4.78 is 6.28. The van der Waals surface area contributed by atoms with Gasteiger partial charge in [0.1, 0.15) is 11.3 Å². The van der Waals surface area contributed by atoms with E-state index in [9.17, 15) is 19.7 Å². The molecule has 0 aliphatic carbocycles. The molecular weight excluding hydrogens is 452 g/mol. The highest BCUT2D eigenvalue weighted by molar-refractivity contribution is 9.10. The van der Waals surface area contributed by atoms with Crippen molar-refractivity contribution >= 4 is 50.8 Å². The summed E-state index contributed by atoms with van der Waals surface area (Å²) in [6, 6.07) is 10.7. The molecule has 3 N–H and O–H groups in total. The highest BCUT2D eigenvalue weighted by Crippen LogP contribution is 2.21. The summed E-state index contributed by atoms with van der Waals surface area (Å²) in [5.74, 6) is -0.803. The Kier molecular flexibility index (Phi) is 7.41. The molecule has 0 radical (unpaired) electrons. The number of carbonyl (C=O) groups excluding carboxylic acids is 2. The van der Waals surface area contributed by atoms with Crippen LogP contribution in [0.25, 0.3) is 0 Å². The number of rotatable bonds is 5. The molecule has 0 heterocycles. The van der Waals surface area contributed by atoms with Gasteiger partial charge < -0.3 is 4.74 Å². The zero-order chi connectivity index (χ0) is 20.7. The van der Waals surface area contributed by atoms with Crippen LogP contribution >= 0.6 is 28.1 Å². The van der Waals surface area contributed by atoms with Gasteiger partial charge in [-0.2, -0.15) is 0 Å². The fraction of sp³-hybridized carbons (Fsp3) is 0.118. The Hall–Kier alpha value is -3.05. The first-order chi connectivity index (χ1) is 13.3. The predicted octanol–water partition coefficient (Wildman–Crippen LogP) is 2.38. The number of aryl methyl sites for hydroxylation is 1. The predicted molar refractivity (Wildman–Crippen MR) is 109 cm³/mol. The van der Waals surface area contributed by atoms with Crippen LogP contribution in [0.1, 0.15) is 15.9 Å². The molecule has 2 aromatic carbocycles. The van der Waals surface area contributed by atoms with Crippen molar-refractivity contribution in [2.45, 2.75) is 6.92 Å². The Labute approximate surface area is 173 Å². The largest absolute Gasteiger partial charge is 0.484 e. The first-order valence-corrected chi connectivity index (χ1v) is 9.00. The van der Waals surface area contributed by atoms with E-state index < -0.39 is 16.7 Å². The van der Waals surface area contributed by atoms with E-state index in [0.717, 1.165) is 10.0 Å². The number of hydrogen-bond donors (Lipinski definition) is 3. The van der Waals surface area contributed by atoms with Crippen LogP contribution in [0.5, 0.6) is 5.75 Å². The normalized spacial score (nSPS) is 9.93. The summed E-state index contributed by atoms with van der Waals surface area (Å²) in [5, 5.41) is 13.1. The molecule has 146 valence electrons. The van der Waals surface area contributed by atoms with E-state index in [1.165, 1.54) is 24.3 Å². The van der Waals surface area contributed by atoms with E-state index in [4.69, 9.17) is 17.0 Å². The molecule has 0 fully saturated rings. The Morgan fingerprint density at radius 2 is 1.93 bits per heavy atom. The van der Waals surface area contributed by atoms with Crippen LogP contribution in [-0.4, -0.2) is 28.5 Å². The SMILES string of the molecule is Cc1cc(OCC(=O)NC(=S)NNC(=O)c2ccccc2[N+](=O)[O-])ccc1Br. The number of para-hydroxylation sites is 1. The first-order valence-electron chi connectivity index (χ1n) is 7.80. The third kappa shape index (κ3) is 5.99. The third-order valence-corrected chi connectivity index (χ3v) is 4.48. The van der Waals surface area contributed by atoms with Crippen LogP contribution in [0, 0.1) is 17.0 Å². The van der Waals surface area contributed by atoms with Gasteiger partial charge in [0.05, 0.1) is 4.92 Å². The fourth-order valence-corrected chi connectivity index (χ4v) is 2.47. The molecule has 0 aliphatic heterocycles. The Morgan fingerprint density at radius 3 is 2.61 bits per heavy atom. The monoisotopic (exact) mass is 466 g/mol. The zero-order valence-electron chi connectivity index (χ0n) is 14.5. The molecule has 2 aromatic rings. The van der Waals surface area contributed by atoms with E-state index in [0.29, 0.717) is 5.75 Å². The molecule has 0 aliphatic rings. The zero-order valence-corrected chi connectivity index (χ0v) is 16.9. The van der Waals surface area contributed by atoms with Crippen molar-refractivity contribution in [2.75, 3.05) is 6.61 Å². The Morgan fingerprint density at radius 1 is 1.21 bits per heavy atom. The van der Waals surface area contributed by atoms with Crippen molar-refractivity contribution in [3.05, 3.63) is 68.2 Å². The smallest absolute Gasteiger partial charge is 0.282 e. The lowest BCUT2D eigenvalue weighted by Crippen LogP contribution is -2.49. The molecule has 0 spiro atoms. The molecule has 2 rings (SSSR count). The number of halogens is 1. The van der Waals surface area contributed by atoms with Gasteiger partial charge in [0, 0.05) is 10.5 Å². The number of hydrogen-bond acceptors (Lipinski definition) is 6. The molecule has 9 nitrogen and oxygen atoms in total. The van der Waals surface area contributed by atoms with E-state index in [1.54, 1.807) is 18.2 Å². The average Bonchev–Trinajstić information content (AvgIpc) is 2.67. The van der Waals surface area contributed by atoms with Gasteiger partial charge in [-0.25, -0.2) is 0 Å². The molecule has 0 atom stereocenters. The summed E-state index contributed by atoms with van der Waals surface area (Å²) in [6.45, 7) is 1.59. The Balaban J connectivity index is 1.82. The second-order valence-corrected chi connectivity index (χ2v) is 6.69. The quantitative estimate of drug-likeness (QED) is 0.351. The number of amides is 2. The number of thiocarbonyl (C=S) groups is 1. The topological polar surface area (TPSA) is 123 Å². The van der Waals surface area contributed by atoms with Crippen molar-refractivity contribution in [3.8, 4) is 5.75 Å². The summed E-state index contributed by atoms with van der Waals surface area (Å²) in [6.07, 6.45) is 0. The summed E-state index contributed by atoms with van der Waals surface area (Å²) in [4.78, 5) is 34.2. The van der Waals surface area contributed by atoms with Gasteiger partial charge in [-0.15, -0.1) is 0 Å². The molecule has 0 saturated heterocycles. The second kappa shape index (κ2) is 9.76. The first kappa shape index (κ1) is 21.3. The number of hydrazine groups is 1. The van der Waals surface area contributed by atoms with Crippen LogP contribution in [0.3, 0.4) is 0 Å². The van der Waals surface area contributed by atoms with E-state index in [-0.39, 0.29) is 23.0 Å². The average molecular weight is 467 g/mol. The third-order valence-electron chi connectivity index (χ3n) is 3.39. The number of ether oxygens (including phenoxy) is 1. The molecule has 0 unspecified atom stereocenters. The van der Waals surface area contributed by atoms with E-state index in [1.807, 2.05) is 6.92 Å². The number of nitrogens with zero attached hydrogens (tertiary/aromatic N) is 1. The van der Waals surface area contributed by atoms with Crippen LogP contribution in [-0.2, 0) is 4.79 Å². The lowest BCUT2D eigenvalue weighted by Gasteiger charge is -2.12. The minimum Gasteiger partial charge on any atom is -0.484 e.